The molecule has 5 atom stereocenters. The van der Waals surface area contributed by atoms with E-state index in [0.29, 0.717) is 23.7 Å². The fourth-order valence-electron chi connectivity index (χ4n) is 6.22. The van der Waals surface area contributed by atoms with Gasteiger partial charge in [-0.2, -0.15) is 0 Å². The number of allylic oxidation sites excluding steroid dienone is 2. The predicted molar refractivity (Wildman–Crippen MR) is 89.6 cm³/mol. The molecular formula is C20H32O2. The maximum absolute atomic E-state index is 12.0. The summed E-state index contributed by atoms with van der Waals surface area (Å²) in [5, 5.41) is 9.85. The number of aliphatic carboxylic acids is 1. The summed E-state index contributed by atoms with van der Waals surface area (Å²) in [6.07, 6.45) is 10.6. The number of carboxylic acid groups (broad SMARTS) is 1. The van der Waals surface area contributed by atoms with E-state index < -0.39 is 11.4 Å². The fourth-order valence-corrected chi connectivity index (χ4v) is 6.22. The van der Waals surface area contributed by atoms with Crippen LogP contribution in [0.25, 0.3) is 0 Å². The molecule has 0 aromatic heterocycles. The average molecular weight is 304 g/mol. The lowest BCUT2D eigenvalue weighted by Gasteiger charge is -2.59. The molecule has 0 bridgehead atoms. The van der Waals surface area contributed by atoms with Crippen molar-refractivity contribution in [3.05, 3.63) is 11.6 Å². The van der Waals surface area contributed by atoms with Crippen LogP contribution in [0.15, 0.2) is 11.6 Å². The number of fused-ring (bicyclic) bond motifs is 3. The van der Waals surface area contributed by atoms with Gasteiger partial charge in [-0.15, -0.1) is 0 Å². The van der Waals surface area contributed by atoms with E-state index in [1.54, 1.807) is 5.57 Å². The first-order valence-electron chi connectivity index (χ1n) is 9.23. The summed E-state index contributed by atoms with van der Waals surface area (Å²) in [5.41, 5.74) is 1.37. The fraction of sp³-hybridized carbons (Fsp3) is 0.850. The zero-order valence-electron chi connectivity index (χ0n) is 14.7. The molecule has 0 heterocycles. The Balaban J connectivity index is 1.92. The third-order valence-corrected chi connectivity index (χ3v) is 7.53. The van der Waals surface area contributed by atoms with Crippen LogP contribution in [-0.2, 0) is 4.79 Å². The Morgan fingerprint density at radius 2 is 1.95 bits per heavy atom. The first-order valence-corrected chi connectivity index (χ1v) is 9.23. The van der Waals surface area contributed by atoms with Gasteiger partial charge in [0.2, 0.25) is 0 Å². The quantitative estimate of drug-likeness (QED) is 0.704. The van der Waals surface area contributed by atoms with Crippen molar-refractivity contribution in [3.8, 4) is 0 Å². The van der Waals surface area contributed by atoms with Gasteiger partial charge in [0.25, 0.3) is 0 Å². The van der Waals surface area contributed by atoms with Crippen molar-refractivity contribution in [3.63, 3.8) is 0 Å². The van der Waals surface area contributed by atoms with E-state index in [4.69, 9.17) is 0 Å². The van der Waals surface area contributed by atoms with Gasteiger partial charge in [-0.05, 0) is 74.5 Å². The third-order valence-electron chi connectivity index (χ3n) is 7.53. The van der Waals surface area contributed by atoms with Crippen molar-refractivity contribution in [1.29, 1.82) is 0 Å². The van der Waals surface area contributed by atoms with Crippen LogP contribution in [0.3, 0.4) is 0 Å². The molecule has 3 aliphatic carbocycles. The number of hydrogen-bond donors (Lipinski definition) is 1. The van der Waals surface area contributed by atoms with Gasteiger partial charge in [0.15, 0.2) is 0 Å². The Hall–Kier alpha value is -0.790. The molecule has 3 aliphatic rings. The van der Waals surface area contributed by atoms with Crippen LogP contribution in [0, 0.1) is 34.5 Å². The van der Waals surface area contributed by atoms with Crippen LogP contribution >= 0.6 is 0 Å². The van der Waals surface area contributed by atoms with E-state index in [1.165, 1.54) is 25.7 Å². The van der Waals surface area contributed by atoms with Crippen molar-refractivity contribution >= 4 is 5.97 Å². The number of carbonyl (C=O) groups is 1. The third kappa shape index (κ3) is 2.25. The van der Waals surface area contributed by atoms with Gasteiger partial charge in [-0.25, -0.2) is 0 Å². The van der Waals surface area contributed by atoms with Gasteiger partial charge in [-0.1, -0.05) is 38.8 Å². The normalized spacial score (nSPS) is 45.0. The number of rotatable bonds is 2. The van der Waals surface area contributed by atoms with E-state index in [9.17, 15) is 9.90 Å². The second-order valence-corrected chi connectivity index (χ2v) is 8.92. The van der Waals surface area contributed by atoms with Crippen LogP contribution in [0.1, 0.15) is 72.6 Å². The molecule has 0 aromatic rings. The highest BCUT2D eigenvalue weighted by molar-refractivity contribution is 5.75. The van der Waals surface area contributed by atoms with Crippen molar-refractivity contribution in [2.24, 2.45) is 34.5 Å². The molecule has 0 aromatic carbocycles. The summed E-state index contributed by atoms with van der Waals surface area (Å²) >= 11 is 0. The minimum absolute atomic E-state index is 0.229. The minimum Gasteiger partial charge on any atom is -0.481 e. The highest BCUT2D eigenvalue weighted by Crippen LogP contribution is 2.63. The molecule has 124 valence electrons. The molecule has 0 amide bonds. The molecule has 22 heavy (non-hydrogen) atoms. The van der Waals surface area contributed by atoms with Crippen LogP contribution in [0.4, 0.5) is 0 Å². The molecule has 3 unspecified atom stereocenters. The van der Waals surface area contributed by atoms with Crippen LogP contribution in [0.5, 0.6) is 0 Å². The van der Waals surface area contributed by atoms with E-state index in [-0.39, 0.29) is 5.41 Å². The van der Waals surface area contributed by atoms with Crippen molar-refractivity contribution in [1.82, 2.24) is 0 Å². The Morgan fingerprint density at radius 1 is 1.23 bits per heavy atom. The molecule has 1 N–H and O–H groups in total. The van der Waals surface area contributed by atoms with Crippen molar-refractivity contribution in [2.75, 3.05) is 0 Å². The molecule has 0 aliphatic heterocycles. The predicted octanol–water partition coefficient (Wildman–Crippen LogP) is 5.29. The number of carboxylic acids is 1. The maximum atomic E-state index is 12.0. The summed E-state index contributed by atoms with van der Waals surface area (Å²) in [6.45, 7) is 9.06. The van der Waals surface area contributed by atoms with Gasteiger partial charge < -0.3 is 5.11 Å². The summed E-state index contributed by atoms with van der Waals surface area (Å²) < 4.78 is 0. The second-order valence-electron chi connectivity index (χ2n) is 8.92. The monoisotopic (exact) mass is 304 g/mol. The van der Waals surface area contributed by atoms with E-state index in [1.807, 2.05) is 6.92 Å². The Labute approximate surface area is 135 Å². The lowest BCUT2D eigenvalue weighted by molar-refractivity contribution is -0.169. The lowest BCUT2D eigenvalue weighted by Crippen LogP contribution is -2.55. The van der Waals surface area contributed by atoms with Crippen LogP contribution < -0.4 is 0 Å². The first kappa shape index (κ1) is 16.1. The zero-order chi connectivity index (χ0) is 16.1. The molecule has 0 saturated heterocycles. The topological polar surface area (TPSA) is 37.3 Å². The highest BCUT2D eigenvalue weighted by atomic mass is 16.4. The highest BCUT2D eigenvalue weighted by Gasteiger charge is 2.58. The Bertz CT molecular complexity index is 492. The van der Waals surface area contributed by atoms with E-state index >= 15 is 0 Å². The number of hydrogen-bond acceptors (Lipinski definition) is 1. The summed E-state index contributed by atoms with van der Waals surface area (Å²) in [7, 11) is 0. The Morgan fingerprint density at radius 3 is 2.59 bits per heavy atom. The van der Waals surface area contributed by atoms with Crippen molar-refractivity contribution in [2.45, 2.75) is 72.6 Å². The van der Waals surface area contributed by atoms with Gasteiger partial charge in [0, 0.05) is 0 Å². The van der Waals surface area contributed by atoms with Crippen LogP contribution in [0.2, 0.25) is 0 Å². The lowest BCUT2D eigenvalue weighted by atomic mass is 9.44. The molecule has 0 spiro atoms. The summed E-state index contributed by atoms with van der Waals surface area (Å²) in [6, 6.07) is 0. The van der Waals surface area contributed by atoms with Gasteiger partial charge in [-0.3, -0.25) is 4.79 Å². The van der Waals surface area contributed by atoms with Gasteiger partial charge in [0.05, 0.1) is 5.41 Å². The molecule has 2 saturated carbocycles. The average Bonchev–Trinajstić information content (AvgIpc) is 2.46. The molecule has 0 radical (unpaired) electrons. The maximum Gasteiger partial charge on any atom is 0.309 e. The standard InChI is InChI=1S/C20H32O2/c1-13(2)14-6-8-16-15(12-14)7-9-17-19(16,3)10-5-11-20(17,4)18(21)22/h12-13,15-17H,5-11H2,1-4H3,(H,21,22)/t15?,16?,17?,19-,20-/m1/s1. The van der Waals surface area contributed by atoms with E-state index in [0.717, 1.165) is 19.3 Å². The molecule has 2 nitrogen and oxygen atoms in total. The Kier molecular flexibility index (Phi) is 3.94. The molecular weight excluding hydrogens is 272 g/mol. The van der Waals surface area contributed by atoms with Crippen LogP contribution in [-0.4, -0.2) is 11.1 Å². The smallest absolute Gasteiger partial charge is 0.309 e. The summed E-state index contributed by atoms with van der Waals surface area (Å²) in [4.78, 5) is 12.0. The van der Waals surface area contributed by atoms with Gasteiger partial charge in [0.1, 0.15) is 0 Å². The molecule has 2 fully saturated rings. The first-order chi connectivity index (χ1) is 10.3. The van der Waals surface area contributed by atoms with Crippen molar-refractivity contribution < 1.29 is 9.90 Å². The molecule has 3 rings (SSSR count). The van der Waals surface area contributed by atoms with Gasteiger partial charge >= 0.3 is 5.97 Å². The summed E-state index contributed by atoms with van der Waals surface area (Å²) in [5.74, 6) is 1.87. The SMILES string of the molecule is CC(C)C1=CC2CCC3[C@](C)(CCC[C@@]3(C)C(=O)O)C2CC1. The molecule has 2 heteroatoms. The zero-order valence-corrected chi connectivity index (χ0v) is 14.7. The second kappa shape index (κ2) is 5.39. The largest absolute Gasteiger partial charge is 0.481 e. The minimum atomic E-state index is -0.559. The van der Waals surface area contributed by atoms with E-state index in [2.05, 4.69) is 26.8 Å².